The molecule has 2 atom stereocenters. The molecule has 1 fully saturated rings. The molecule has 32 heavy (non-hydrogen) atoms. The summed E-state index contributed by atoms with van der Waals surface area (Å²) < 4.78 is 7.06. The number of aromatic nitrogens is 3. The Morgan fingerprint density at radius 1 is 1.03 bits per heavy atom. The highest BCUT2D eigenvalue weighted by atomic mass is 16.5. The Morgan fingerprint density at radius 3 is 2.56 bits per heavy atom. The molecule has 2 amide bonds. The first-order valence-electron chi connectivity index (χ1n) is 10.7. The van der Waals surface area contributed by atoms with Gasteiger partial charge in [0.2, 0.25) is 5.82 Å². The van der Waals surface area contributed by atoms with E-state index in [1.54, 1.807) is 31.4 Å². The largest absolute Gasteiger partial charge is 0.497 e. The molecule has 0 bridgehead atoms. The number of aryl methyl sites for hydroxylation is 1. The smallest absolute Gasteiger partial charge is 0.293 e. The number of methoxy groups -OCH3 is 1. The molecule has 0 spiro atoms. The van der Waals surface area contributed by atoms with Crippen LogP contribution in [0.15, 0.2) is 48.5 Å². The summed E-state index contributed by atoms with van der Waals surface area (Å²) in [7, 11) is 1.60. The monoisotopic (exact) mass is 431 g/mol. The number of likely N-dealkylation sites (tertiary alicyclic amines) is 1. The van der Waals surface area contributed by atoms with Crippen molar-refractivity contribution in [3.8, 4) is 5.75 Å². The molecule has 2 aromatic carbocycles. The second-order valence-electron chi connectivity index (χ2n) is 8.54. The number of benzene rings is 2. The Bertz CT molecular complexity index is 1170. The number of hydrogen-bond donors (Lipinski definition) is 1. The first-order valence-corrected chi connectivity index (χ1v) is 10.7. The molecular formula is C24H25N5O3. The predicted molar refractivity (Wildman–Crippen MR) is 119 cm³/mol. The lowest BCUT2D eigenvalue weighted by Gasteiger charge is -2.25. The molecule has 1 aromatic heterocycles. The van der Waals surface area contributed by atoms with Gasteiger partial charge < -0.3 is 19.5 Å². The van der Waals surface area contributed by atoms with E-state index < -0.39 is 0 Å². The van der Waals surface area contributed by atoms with Gasteiger partial charge in [0.1, 0.15) is 11.6 Å². The average molecular weight is 431 g/mol. The summed E-state index contributed by atoms with van der Waals surface area (Å²) in [5.41, 5.74) is 2.46. The topological polar surface area (TPSA) is 89.3 Å². The highest BCUT2D eigenvalue weighted by Gasteiger charge is 2.40. The SMILES string of the molecule is COc1ccc(NC(=O)c2nnc3n2CC2CN(C(=O)c4cccc(C)c4)CC2C3)cc1. The number of fused-ring (bicyclic) bond motifs is 2. The van der Waals surface area contributed by atoms with E-state index in [9.17, 15) is 9.59 Å². The molecule has 164 valence electrons. The van der Waals surface area contributed by atoms with Crippen LogP contribution in [-0.2, 0) is 13.0 Å². The number of nitrogens with one attached hydrogen (secondary N) is 1. The highest BCUT2D eigenvalue weighted by molar-refractivity contribution is 6.01. The van der Waals surface area contributed by atoms with Crippen LogP contribution in [0.1, 0.15) is 32.4 Å². The second-order valence-corrected chi connectivity index (χ2v) is 8.54. The predicted octanol–water partition coefficient (Wildman–Crippen LogP) is 2.79. The maximum Gasteiger partial charge on any atom is 0.293 e. The van der Waals surface area contributed by atoms with Gasteiger partial charge in [-0.05, 0) is 55.2 Å². The Morgan fingerprint density at radius 2 is 1.81 bits per heavy atom. The average Bonchev–Trinajstić information content (AvgIpc) is 3.41. The van der Waals surface area contributed by atoms with E-state index in [4.69, 9.17) is 4.74 Å². The highest BCUT2D eigenvalue weighted by Crippen LogP contribution is 2.33. The summed E-state index contributed by atoms with van der Waals surface area (Å²) in [6.07, 6.45) is 0.713. The van der Waals surface area contributed by atoms with Crippen molar-refractivity contribution in [2.75, 3.05) is 25.5 Å². The minimum absolute atomic E-state index is 0.0661. The van der Waals surface area contributed by atoms with Crippen molar-refractivity contribution in [2.45, 2.75) is 19.9 Å². The molecule has 0 aliphatic carbocycles. The Hall–Kier alpha value is -3.68. The van der Waals surface area contributed by atoms with Crippen LogP contribution in [0.25, 0.3) is 0 Å². The third-order valence-corrected chi connectivity index (χ3v) is 6.37. The summed E-state index contributed by atoms with van der Waals surface area (Å²) in [6, 6.07) is 14.9. The maximum absolute atomic E-state index is 13.0. The number of carbonyl (C=O) groups excluding carboxylic acids is 2. The van der Waals surface area contributed by atoms with Gasteiger partial charge in [0.05, 0.1) is 7.11 Å². The lowest BCUT2D eigenvalue weighted by molar-refractivity contribution is 0.0783. The van der Waals surface area contributed by atoms with E-state index in [1.807, 2.05) is 40.7 Å². The molecule has 0 saturated carbocycles. The Kier molecular flexibility index (Phi) is 5.13. The van der Waals surface area contributed by atoms with E-state index >= 15 is 0 Å². The number of carbonyl (C=O) groups is 2. The molecule has 0 radical (unpaired) electrons. The number of anilines is 1. The molecular weight excluding hydrogens is 406 g/mol. The molecule has 8 nitrogen and oxygen atoms in total. The lowest BCUT2D eigenvalue weighted by Crippen LogP contribution is -2.31. The standard InChI is InChI=1S/C24H25N5O3/c1-15-4-3-5-16(10-15)24(31)28-12-17-11-21-26-27-22(29(21)14-18(17)13-28)23(30)25-19-6-8-20(32-2)9-7-19/h3-10,17-18H,11-14H2,1-2H3,(H,25,30). The first kappa shape index (κ1) is 20.2. The zero-order valence-corrected chi connectivity index (χ0v) is 18.1. The van der Waals surface area contributed by atoms with Crippen molar-refractivity contribution in [1.82, 2.24) is 19.7 Å². The van der Waals surface area contributed by atoms with Crippen molar-refractivity contribution in [3.05, 3.63) is 71.3 Å². The van der Waals surface area contributed by atoms with Crippen molar-refractivity contribution >= 4 is 17.5 Å². The zero-order valence-electron chi connectivity index (χ0n) is 18.1. The normalized spacial score (nSPS) is 19.2. The number of nitrogens with zero attached hydrogens (tertiary/aromatic N) is 4. The van der Waals surface area contributed by atoms with Crippen LogP contribution >= 0.6 is 0 Å². The zero-order chi connectivity index (χ0) is 22.2. The van der Waals surface area contributed by atoms with Crippen LogP contribution in [0, 0.1) is 18.8 Å². The Balaban J connectivity index is 1.29. The van der Waals surface area contributed by atoms with Crippen molar-refractivity contribution in [1.29, 1.82) is 0 Å². The number of hydrogen-bond acceptors (Lipinski definition) is 5. The van der Waals surface area contributed by atoms with Crippen molar-refractivity contribution in [3.63, 3.8) is 0 Å². The Labute approximate surface area is 186 Å². The molecule has 2 aliphatic rings. The van der Waals surface area contributed by atoms with E-state index in [-0.39, 0.29) is 17.7 Å². The molecule has 1 saturated heterocycles. The van der Waals surface area contributed by atoms with E-state index in [2.05, 4.69) is 15.5 Å². The second kappa shape index (κ2) is 8.11. The molecule has 1 N–H and O–H groups in total. The van der Waals surface area contributed by atoms with E-state index in [1.165, 1.54) is 0 Å². The van der Waals surface area contributed by atoms with Crippen LogP contribution in [0.5, 0.6) is 5.75 Å². The fourth-order valence-corrected chi connectivity index (χ4v) is 4.68. The van der Waals surface area contributed by atoms with E-state index in [0.717, 1.165) is 22.7 Å². The summed E-state index contributed by atoms with van der Waals surface area (Å²) in [6.45, 7) is 4.01. The molecule has 3 heterocycles. The molecule has 2 aliphatic heterocycles. The van der Waals surface area contributed by atoms with E-state index in [0.29, 0.717) is 43.5 Å². The molecule has 8 heteroatoms. The van der Waals surface area contributed by atoms with Crippen LogP contribution < -0.4 is 10.1 Å². The number of rotatable bonds is 4. The summed E-state index contributed by atoms with van der Waals surface area (Å²) >= 11 is 0. The summed E-state index contributed by atoms with van der Waals surface area (Å²) in [5, 5.41) is 11.3. The third-order valence-electron chi connectivity index (χ3n) is 6.37. The van der Waals surface area contributed by atoms with Gasteiger partial charge in [0, 0.05) is 37.3 Å². The summed E-state index contributed by atoms with van der Waals surface area (Å²) in [5.74, 6) is 2.21. The molecule has 2 unspecified atom stereocenters. The molecule has 5 rings (SSSR count). The maximum atomic E-state index is 13.0. The lowest BCUT2D eigenvalue weighted by atomic mass is 9.89. The quantitative estimate of drug-likeness (QED) is 0.686. The minimum Gasteiger partial charge on any atom is -0.497 e. The van der Waals surface area contributed by atoms with Gasteiger partial charge in [-0.2, -0.15) is 0 Å². The van der Waals surface area contributed by atoms with Crippen LogP contribution in [-0.4, -0.2) is 51.7 Å². The fraction of sp³-hybridized carbons (Fsp3) is 0.333. The van der Waals surface area contributed by atoms with Crippen LogP contribution in [0.4, 0.5) is 5.69 Å². The van der Waals surface area contributed by atoms with Gasteiger partial charge in [0.25, 0.3) is 11.8 Å². The first-order chi connectivity index (χ1) is 15.5. The van der Waals surface area contributed by atoms with Gasteiger partial charge in [-0.1, -0.05) is 17.7 Å². The summed E-state index contributed by atoms with van der Waals surface area (Å²) in [4.78, 5) is 27.8. The van der Waals surface area contributed by atoms with Crippen LogP contribution in [0.2, 0.25) is 0 Å². The van der Waals surface area contributed by atoms with Crippen LogP contribution in [0.3, 0.4) is 0 Å². The van der Waals surface area contributed by atoms with Gasteiger partial charge in [-0.15, -0.1) is 10.2 Å². The third kappa shape index (κ3) is 3.72. The van der Waals surface area contributed by atoms with Gasteiger partial charge in [0.15, 0.2) is 0 Å². The van der Waals surface area contributed by atoms with Gasteiger partial charge in [-0.3, -0.25) is 9.59 Å². The number of ether oxygens (including phenoxy) is 1. The number of amides is 2. The minimum atomic E-state index is -0.293. The fourth-order valence-electron chi connectivity index (χ4n) is 4.68. The van der Waals surface area contributed by atoms with Gasteiger partial charge >= 0.3 is 0 Å². The molecule has 3 aromatic rings. The van der Waals surface area contributed by atoms with Crippen molar-refractivity contribution in [2.24, 2.45) is 11.8 Å². The van der Waals surface area contributed by atoms with Gasteiger partial charge in [-0.25, -0.2) is 0 Å². The van der Waals surface area contributed by atoms with Crippen molar-refractivity contribution < 1.29 is 14.3 Å².